The summed E-state index contributed by atoms with van der Waals surface area (Å²) in [6.45, 7) is 0.802. The third-order valence-corrected chi connectivity index (χ3v) is 3.09. The largest absolute Gasteiger partial charge is 0.415 e. The van der Waals surface area contributed by atoms with E-state index >= 15 is 0 Å². The number of carbonyl (C=O) groups excluding carboxylic acids is 1. The van der Waals surface area contributed by atoms with E-state index in [4.69, 9.17) is 5.11 Å². The highest BCUT2D eigenvalue weighted by Crippen LogP contribution is 2.19. The molecule has 3 N–H and O–H groups in total. The van der Waals surface area contributed by atoms with E-state index in [9.17, 15) is 18.0 Å². The summed E-state index contributed by atoms with van der Waals surface area (Å²) < 4.78 is 36.1. The van der Waals surface area contributed by atoms with Crippen LogP contribution in [0.5, 0.6) is 0 Å². The summed E-state index contributed by atoms with van der Waals surface area (Å²) in [7, 11) is 0. The molecule has 1 aliphatic carbocycles. The summed E-state index contributed by atoms with van der Waals surface area (Å²) in [5, 5.41) is 13.9. The van der Waals surface area contributed by atoms with E-state index in [1.165, 1.54) is 6.92 Å². The van der Waals surface area contributed by atoms with Crippen LogP contribution in [-0.2, 0) is 4.79 Å². The molecule has 1 aliphatic rings. The van der Waals surface area contributed by atoms with Crippen LogP contribution in [0.15, 0.2) is 0 Å². The Balaban J connectivity index is 2.27. The summed E-state index contributed by atoms with van der Waals surface area (Å²) in [6.07, 6.45) is -3.12. The Kier molecular flexibility index (Phi) is 5.40. The van der Waals surface area contributed by atoms with Crippen molar-refractivity contribution in [1.82, 2.24) is 10.6 Å². The first-order valence-electron chi connectivity index (χ1n) is 6.09. The van der Waals surface area contributed by atoms with E-state index < -0.39 is 24.9 Å². The number of aliphatic hydroxyl groups is 1. The van der Waals surface area contributed by atoms with Gasteiger partial charge in [-0.2, -0.15) is 13.2 Å². The van der Waals surface area contributed by atoms with E-state index in [0.717, 1.165) is 25.7 Å². The molecule has 2 atom stereocenters. The lowest BCUT2D eigenvalue weighted by molar-refractivity contribution is -0.202. The average molecular weight is 268 g/mol. The topological polar surface area (TPSA) is 61.4 Å². The molecule has 0 saturated heterocycles. The number of alkyl halides is 3. The van der Waals surface area contributed by atoms with Crippen LogP contribution in [0.3, 0.4) is 0 Å². The Morgan fingerprint density at radius 2 is 1.94 bits per heavy atom. The molecule has 106 valence electrons. The predicted octanol–water partition coefficient (Wildman–Crippen LogP) is 0.946. The molecule has 0 aromatic rings. The van der Waals surface area contributed by atoms with Crippen LogP contribution >= 0.6 is 0 Å². The first-order valence-corrected chi connectivity index (χ1v) is 6.09. The summed E-state index contributed by atoms with van der Waals surface area (Å²) >= 11 is 0. The molecule has 0 radical (unpaired) electrons. The van der Waals surface area contributed by atoms with Gasteiger partial charge in [-0.15, -0.1) is 0 Å². The average Bonchev–Trinajstić information content (AvgIpc) is 2.76. The molecule has 1 rings (SSSR count). The minimum atomic E-state index is -4.66. The minimum Gasteiger partial charge on any atom is -0.382 e. The zero-order chi connectivity index (χ0) is 13.8. The van der Waals surface area contributed by atoms with Crippen molar-refractivity contribution in [3.05, 3.63) is 0 Å². The number of halogens is 3. The first-order chi connectivity index (χ1) is 8.30. The number of rotatable bonds is 5. The molecule has 0 bridgehead atoms. The van der Waals surface area contributed by atoms with E-state index in [-0.39, 0.29) is 11.9 Å². The number of aliphatic hydroxyl groups excluding tert-OH is 1. The molecule has 7 heteroatoms. The van der Waals surface area contributed by atoms with Crippen LogP contribution in [0.25, 0.3) is 0 Å². The van der Waals surface area contributed by atoms with Crippen LogP contribution in [0.1, 0.15) is 32.6 Å². The van der Waals surface area contributed by atoms with Gasteiger partial charge in [0.2, 0.25) is 5.91 Å². The molecule has 0 aromatic heterocycles. The Labute approximate surface area is 104 Å². The molecule has 18 heavy (non-hydrogen) atoms. The number of carbonyl (C=O) groups is 1. The van der Waals surface area contributed by atoms with E-state index in [0.29, 0.717) is 0 Å². The fourth-order valence-corrected chi connectivity index (χ4v) is 1.89. The molecule has 1 amide bonds. The van der Waals surface area contributed by atoms with Crippen molar-refractivity contribution in [3.8, 4) is 0 Å². The molecule has 1 saturated carbocycles. The van der Waals surface area contributed by atoms with Gasteiger partial charge >= 0.3 is 6.18 Å². The summed E-state index contributed by atoms with van der Waals surface area (Å²) in [4.78, 5) is 11.6. The van der Waals surface area contributed by atoms with Crippen LogP contribution in [-0.4, -0.2) is 41.9 Å². The van der Waals surface area contributed by atoms with Gasteiger partial charge in [0.25, 0.3) is 0 Å². The summed E-state index contributed by atoms with van der Waals surface area (Å²) in [5.41, 5.74) is 0. The molecule has 2 unspecified atom stereocenters. The second-order valence-corrected chi connectivity index (χ2v) is 4.68. The number of hydrogen-bond donors (Lipinski definition) is 3. The van der Waals surface area contributed by atoms with Crippen LogP contribution in [0, 0.1) is 0 Å². The van der Waals surface area contributed by atoms with E-state index in [1.54, 1.807) is 0 Å². The molecule has 0 heterocycles. The second kappa shape index (κ2) is 6.38. The normalized spacial score (nSPS) is 20.7. The Morgan fingerprint density at radius 1 is 1.39 bits per heavy atom. The predicted molar refractivity (Wildman–Crippen MR) is 59.9 cm³/mol. The molecule has 1 fully saturated rings. The van der Waals surface area contributed by atoms with Crippen LogP contribution in [0.2, 0.25) is 0 Å². The van der Waals surface area contributed by atoms with Crippen molar-refractivity contribution < 1.29 is 23.1 Å². The van der Waals surface area contributed by atoms with Gasteiger partial charge in [-0.05, 0) is 19.8 Å². The molecule has 0 spiro atoms. The van der Waals surface area contributed by atoms with Gasteiger partial charge in [0.15, 0.2) is 6.10 Å². The van der Waals surface area contributed by atoms with Crippen LogP contribution < -0.4 is 10.6 Å². The lowest BCUT2D eigenvalue weighted by atomic mass is 10.2. The monoisotopic (exact) mass is 268 g/mol. The van der Waals surface area contributed by atoms with Gasteiger partial charge in [0.05, 0.1) is 6.04 Å². The molecule has 0 aromatic carbocycles. The fourth-order valence-electron chi connectivity index (χ4n) is 1.89. The SMILES string of the molecule is CC(NCC(O)C(F)(F)F)C(=O)NC1CCCC1. The standard InChI is InChI=1S/C11H19F3N2O2/c1-7(15-6-9(17)11(12,13)14)10(18)16-8-4-2-3-5-8/h7-9,15,17H,2-6H2,1H3,(H,16,18). The molecular formula is C11H19F3N2O2. The number of hydrogen-bond acceptors (Lipinski definition) is 3. The third-order valence-electron chi connectivity index (χ3n) is 3.09. The van der Waals surface area contributed by atoms with Crippen molar-refractivity contribution in [1.29, 1.82) is 0 Å². The van der Waals surface area contributed by atoms with Crippen molar-refractivity contribution in [2.45, 2.75) is 57.0 Å². The van der Waals surface area contributed by atoms with Gasteiger partial charge in [0.1, 0.15) is 0 Å². The number of amides is 1. The van der Waals surface area contributed by atoms with Gasteiger partial charge in [-0.3, -0.25) is 4.79 Å². The van der Waals surface area contributed by atoms with E-state index in [2.05, 4.69) is 10.6 Å². The zero-order valence-corrected chi connectivity index (χ0v) is 10.3. The quantitative estimate of drug-likeness (QED) is 0.695. The maximum atomic E-state index is 12.0. The van der Waals surface area contributed by atoms with Crippen molar-refractivity contribution in [2.24, 2.45) is 0 Å². The highest BCUT2D eigenvalue weighted by Gasteiger charge is 2.38. The summed E-state index contributed by atoms with van der Waals surface area (Å²) in [6, 6.07) is -0.614. The zero-order valence-electron chi connectivity index (χ0n) is 10.3. The van der Waals surface area contributed by atoms with Crippen molar-refractivity contribution in [2.75, 3.05) is 6.54 Å². The fraction of sp³-hybridized carbons (Fsp3) is 0.909. The Morgan fingerprint density at radius 3 is 2.44 bits per heavy atom. The van der Waals surface area contributed by atoms with Gasteiger partial charge in [-0.25, -0.2) is 0 Å². The van der Waals surface area contributed by atoms with Gasteiger partial charge < -0.3 is 15.7 Å². The third kappa shape index (κ3) is 4.81. The lowest BCUT2D eigenvalue weighted by Crippen LogP contribution is -2.49. The maximum absolute atomic E-state index is 12.0. The van der Waals surface area contributed by atoms with Gasteiger partial charge in [0, 0.05) is 12.6 Å². The maximum Gasteiger partial charge on any atom is 0.415 e. The molecule has 4 nitrogen and oxygen atoms in total. The molecular weight excluding hydrogens is 249 g/mol. The van der Waals surface area contributed by atoms with Crippen LogP contribution in [0.4, 0.5) is 13.2 Å². The Bertz CT molecular complexity index is 278. The van der Waals surface area contributed by atoms with E-state index in [1.807, 2.05) is 0 Å². The highest BCUT2D eigenvalue weighted by atomic mass is 19.4. The Hall–Kier alpha value is -0.820. The first kappa shape index (κ1) is 15.2. The second-order valence-electron chi connectivity index (χ2n) is 4.68. The van der Waals surface area contributed by atoms with Crippen molar-refractivity contribution >= 4 is 5.91 Å². The van der Waals surface area contributed by atoms with Gasteiger partial charge in [-0.1, -0.05) is 12.8 Å². The lowest BCUT2D eigenvalue weighted by Gasteiger charge is -2.20. The summed E-state index contributed by atoms with van der Waals surface area (Å²) in [5.74, 6) is -0.323. The smallest absolute Gasteiger partial charge is 0.382 e. The minimum absolute atomic E-state index is 0.134. The number of nitrogens with one attached hydrogen (secondary N) is 2. The highest BCUT2D eigenvalue weighted by molar-refractivity contribution is 5.81. The van der Waals surface area contributed by atoms with Crippen molar-refractivity contribution in [3.63, 3.8) is 0 Å². The molecule has 0 aliphatic heterocycles.